The summed E-state index contributed by atoms with van der Waals surface area (Å²) in [5.41, 5.74) is 0. The summed E-state index contributed by atoms with van der Waals surface area (Å²) in [6.45, 7) is 3.86. The SMILES string of the molecule is CC1CC(OC2CCNC2)CC(=O)O1. The molecule has 0 aromatic carbocycles. The molecule has 0 aromatic rings. The van der Waals surface area contributed by atoms with Crippen molar-refractivity contribution < 1.29 is 14.3 Å². The van der Waals surface area contributed by atoms with Gasteiger partial charge in [0.2, 0.25) is 0 Å². The standard InChI is InChI=1S/C10H17NO3/c1-7-4-9(5-10(12)13-7)14-8-2-3-11-6-8/h7-9,11H,2-6H2,1H3. The van der Waals surface area contributed by atoms with Crippen molar-refractivity contribution in [3.8, 4) is 0 Å². The van der Waals surface area contributed by atoms with E-state index < -0.39 is 0 Å². The van der Waals surface area contributed by atoms with Crippen molar-refractivity contribution in [2.24, 2.45) is 0 Å². The van der Waals surface area contributed by atoms with E-state index in [2.05, 4.69) is 5.32 Å². The molecule has 0 bridgehead atoms. The number of carbonyl (C=O) groups is 1. The van der Waals surface area contributed by atoms with Crippen molar-refractivity contribution in [2.45, 2.75) is 44.5 Å². The molecule has 0 amide bonds. The second-order valence-electron chi connectivity index (χ2n) is 4.11. The van der Waals surface area contributed by atoms with Gasteiger partial charge in [0.25, 0.3) is 0 Å². The van der Waals surface area contributed by atoms with Crippen molar-refractivity contribution in [1.29, 1.82) is 0 Å². The Bertz CT molecular complexity index is 213. The quantitative estimate of drug-likeness (QED) is 0.656. The Labute approximate surface area is 84.0 Å². The monoisotopic (exact) mass is 199 g/mol. The zero-order valence-electron chi connectivity index (χ0n) is 8.49. The highest BCUT2D eigenvalue weighted by Gasteiger charge is 2.29. The Balaban J connectivity index is 1.81. The van der Waals surface area contributed by atoms with Gasteiger partial charge in [0.05, 0.1) is 18.6 Å². The van der Waals surface area contributed by atoms with Gasteiger partial charge in [-0.05, 0) is 19.9 Å². The molecule has 2 rings (SSSR count). The summed E-state index contributed by atoms with van der Waals surface area (Å²) >= 11 is 0. The molecule has 3 unspecified atom stereocenters. The summed E-state index contributed by atoms with van der Waals surface area (Å²) in [6, 6.07) is 0. The molecule has 4 nitrogen and oxygen atoms in total. The molecule has 2 saturated heterocycles. The van der Waals surface area contributed by atoms with Crippen LogP contribution in [0, 0.1) is 0 Å². The van der Waals surface area contributed by atoms with Crippen LogP contribution in [0.3, 0.4) is 0 Å². The predicted molar refractivity (Wildman–Crippen MR) is 50.9 cm³/mol. The first kappa shape index (κ1) is 9.93. The molecule has 0 aromatic heterocycles. The van der Waals surface area contributed by atoms with Crippen LogP contribution >= 0.6 is 0 Å². The van der Waals surface area contributed by atoms with Gasteiger partial charge in [-0.1, -0.05) is 0 Å². The lowest BCUT2D eigenvalue weighted by Gasteiger charge is -2.28. The van der Waals surface area contributed by atoms with E-state index in [1.165, 1.54) is 0 Å². The number of nitrogens with one attached hydrogen (secondary N) is 1. The fraction of sp³-hybridized carbons (Fsp3) is 0.900. The van der Waals surface area contributed by atoms with Crippen LogP contribution in [-0.2, 0) is 14.3 Å². The maximum absolute atomic E-state index is 11.1. The van der Waals surface area contributed by atoms with E-state index in [9.17, 15) is 4.79 Å². The van der Waals surface area contributed by atoms with Gasteiger partial charge < -0.3 is 14.8 Å². The van der Waals surface area contributed by atoms with E-state index in [-0.39, 0.29) is 24.3 Å². The van der Waals surface area contributed by atoms with Crippen LogP contribution in [0.4, 0.5) is 0 Å². The second-order valence-corrected chi connectivity index (χ2v) is 4.11. The molecular formula is C10H17NO3. The van der Waals surface area contributed by atoms with Gasteiger partial charge in [0.15, 0.2) is 0 Å². The van der Waals surface area contributed by atoms with Crippen LogP contribution in [0.25, 0.3) is 0 Å². The third kappa shape index (κ3) is 2.45. The van der Waals surface area contributed by atoms with Gasteiger partial charge in [-0.3, -0.25) is 4.79 Å². The van der Waals surface area contributed by atoms with Crippen LogP contribution in [0.15, 0.2) is 0 Å². The molecule has 0 saturated carbocycles. The minimum atomic E-state index is -0.125. The number of cyclic esters (lactones) is 1. The number of ether oxygens (including phenoxy) is 2. The molecule has 80 valence electrons. The molecule has 2 heterocycles. The van der Waals surface area contributed by atoms with Crippen molar-refractivity contribution >= 4 is 5.97 Å². The number of carbonyl (C=O) groups excluding carboxylic acids is 1. The first-order chi connectivity index (χ1) is 6.74. The molecule has 4 heteroatoms. The third-order valence-corrected chi connectivity index (χ3v) is 2.72. The minimum Gasteiger partial charge on any atom is -0.462 e. The van der Waals surface area contributed by atoms with Crippen LogP contribution in [-0.4, -0.2) is 37.4 Å². The Morgan fingerprint density at radius 3 is 3.00 bits per heavy atom. The maximum Gasteiger partial charge on any atom is 0.308 e. The van der Waals surface area contributed by atoms with E-state index in [0.717, 1.165) is 25.9 Å². The fourth-order valence-electron chi connectivity index (χ4n) is 2.08. The molecule has 14 heavy (non-hydrogen) atoms. The van der Waals surface area contributed by atoms with Gasteiger partial charge in [0.1, 0.15) is 6.10 Å². The highest BCUT2D eigenvalue weighted by atomic mass is 16.6. The van der Waals surface area contributed by atoms with E-state index in [1.807, 2.05) is 6.92 Å². The molecule has 1 N–H and O–H groups in total. The van der Waals surface area contributed by atoms with Crippen molar-refractivity contribution in [1.82, 2.24) is 5.32 Å². The summed E-state index contributed by atoms with van der Waals surface area (Å²) < 4.78 is 10.9. The van der Waals surface area contributed by atoms with Gasteiger partial charge in [0, 0.05) is 13.0 Å². The molecule has 2 aliphatic heterocycles. The van der Waals surface area contributed by atoms with Gasteiger partial charge in [-0.2, -0.15) is 0 Å². The average molecular weight is 199 g/mol. The highest BCUT2D eigenvalue weighted by Crippen LogP contribution is 2.20. The first-order valence-corrected chi connectivity index (χ1v) is 5.29. The Kier molecular flexibility index (Phi) is 3.03. The molecular weight excluding hydrogens is 182 g/mol. The lowest BCUT2D eigenvalue weighted by Crippen LogP contribution is -2.35. The van der Waals surface area contributed by atoms with Gasteiger partial charge in [-0.25, -0.2) is 0 Å². The second kappa shape index (κ2) is 4.28. The number of esters is 1. The average Bonchev–Trinajstić information content (AvgIpc) is 2.54. The topological polar surface area (TPSA) is 47.6 Å². The largest absolute Gasteiger partial charge is 0.462 e. The third-order valence-electron chi connectivity index (χ3n) is 2.72. The van der Waals surface area contributed by atoms with Crippen molar-refractivity contribution in [3.63, 3.8) is 0 Å². The van der Waals surface area contributed by atoms with E-state index >= 15 is 0 Å². The van der Waals surface area contributed by atoms with Gasteiger partial charge in [-0.15, -0.1) is 0 Å². The first-order valence-electron chi connectivity index (χ1n) is 5.29. The smallest absolute Gasteiger partial charge is 0.308 e. The molecule has 2 fully saturated rings. The van der Waals surface area contributed by atoms with Gasteiger partial charge >= 0.3 is 5.97 Å². The Hall–Kier alpha value is -0.610. The number of hydrogen-bond acceptors (Lipinski definition) is 4. The van der Waals surface area contributed by atoms with Crippen LogP contribution in [0.1, 0.15) is 26.2 Å². The van der Waals surface area contributed by atoms with Crippen LogP contribution in [0.2, 0.25) is 0 Å². The summed E-state index contributed by atoms with van der Waals surface area (Å²) in [6.07, 6.45) is 2.67. The zero-order chi connectivity index (χ0) is 9.97. The number of rotatable bonds is 2. The Morgan fingerprint density at radius 2 is 2.36 bits per heavy atom. The normalized spacial score (nSPS) is 38.4. The predicted octanol–water partition coefficient (Wildman–Crippen LogP) is 0.459. The van der Waals surface area contributed by atoms with Crippen molar-refractivity contribution in [3.05, 3.63) is 0 Å². The lowest BCUT2D eigenvalue weighted by atomic mass is 10.1. The van der Waals surface area contributed by atoms with Crippen molar-refractivity contribution in [2.75, 3.05) is 13.1 Å². The lowest BCUT2D eigenvalue weighted by molar-refractivity contribution is -0.163. The van der Waals surface area contributed by atoms with E-state index in [0.29, 0.717) is 6.42 Å². The Morgan fingerprint density at radius 1 is 1.50 bits per heavy atom. The molecule has 2 aliphatic rings. The summed E-state index contributed by atoms with van der Waals surface area (Å²) in [7, 11) is 0. The van der Waals surface area contributed by atoms with E-state index in [1.54, 1.807) is 0 Å². The summed E-state index contributed by atoms with van der Waals surface area (Å²) in [5.74, 6) is -0.125. The molecule has 0 radical (unpaired) electrons. The highest BCUT2D eigenvalue weighted by molar-refractivity contribution is 5.70. The number of hydrogen-bond donors (Lipinski definition) is 1. The van der Waals surface area contributed by atoms with Crippen LogP contribution < -0.4 is 5.32 Å². The maximum atomic E-state index is 11.1. The molecule has 0 spiro atoms. The molecule has 3 atom stereocenters. The summed E-state index contributed by atoms with van der Waals surface area (Å²) in [4.78, 5) is 11.1. The molecule has 0 aliphatic carbocycles. The summed E-state index contributed by atoms with van der Waals surface area (Å²) in [5, 5.41) is 3.24. The fourth-order valence-corrected chi connectivity index (χ4v) is 2.08. The minimum absolute atomic E-state index is 0.00983. The van der Waals surface area contributed by atoms with E-state index in [4.69, 9.17) is 9.47 Å². The van der Waals surface area contributed by atoms with Crippen LogP contribution in [0.5, 0.6) is 0 Å². The zero-order valence-corrected chi connectivity index (χ0v) is 8.49.